The molecule has 4 heteroatoms. The van der Waals surface area contributed by atoms with Crippen molar-refractivity contribution in [1.82, 2.24) is 0 Å². The molecule has 0 aromatic rings. The standard InChI is InChI=1S/C10H20O3S/c1-7(2)9-5-4-8(3)10(6-9)14(11,12)13/h7-10H,4-6H2,1-3H3,(H,11,12,13). The zero-order chi connectivity index (χ0) is 10.9. The molecule has 1 aliphatic rings. The van der Waals surface area contributed by atoms with Crippen molar-refractivity contribution in [3.63, 3.8) is 0 Å². The third kappa shape index (κ3) is 2.70. The van der Waals surface area contributed by atoms with Gasteiger partial charge in [-0.3, -0.25) is 4.55 Å². The first-order chi connectivity index (χ1) is 6.32. The summed E-state index contributed by atoms with van der Waals surface area (Å²) in [6, 6.07) is 0. The van der Waals surface area contributed by atoms with Gasteiger partial charge >= 0.3 is 0 Å². The lowest BCUT2D eigenvalue weighted by molar-refractivity contribution is 0.230. The molecule has 0 heterocycles. The van der Waals surface area contributed by atoms with E-state index >= 15 is 0 Å². The van der Waals surface area contributed by atoms with Gasteiger partial charge < -0.3 is 0 Å². The van der Waals surface area contributed by atoms with Gasteiger partial charge in [-0.2, -0.15) is 8.42 Å². The Bertz CT molecular complexity index is 282. The lowest BCUT2D eigenvalue weighted by atomic mass is 9.77. The maximum Gasteiger partial charge on any atom is 0.268 e. The van der Waals surface area contributed by atoms with Gasteiger partial charge in [0.2, 0.25) is 0 Å². The van der Waals surface area contributed by atoms with Crippen molar-refractivity contribution in [3.05, 3.63) is 0 Å². The lowest BCUT2D eigenvalue weighted by Gasteiger charge is -2.34. The predicted molar refractivity (Wildman–Crippen MR) is 56.7 cm³/mol. The third-order valence-electron chi connectivity index (χ3n) is 3.49. The van der Waals surface area contributed by atoms with Gasteiger partial charge in [-0.15, -0.1) is 0 Å². The Morgan fingerprint density at radius 3 is 2.29 bits per heavy atom. The molecular formula is C10H20O3S. The zero-order valence-electron chi connectivity index (χ0n) is 9.10. The Morgan fingerprint density at radius 1 is 1.29 bits per heavy atom. The van der Waals surface area contributed by atoms with E-state index in [4.69, 9.17) is 4.55 Å². The first-order valence-corrected chi connectivity index (χ1v) is 6.79. The van der Waals surface area contributed by atoms with Crippen LogP contribution in [-0.2, 0) is 10.1 Å². The van der Waals surface area contributed by atoms with Crippen LogP contribution in [0.5, 0.6) is 0 Å². The van der Waals surface area contributed by atoms with Crippen molar-refractivity contribution in [2.24, 2.45) is 17.8 Å². The molecule has 1 aliphatic carbocycles. The van der Waals surface area contributed by atoms with Crippen LogP contribution in [0.4, 0.5) is 0 Å². The Balaban J connectivity index is 2.75. The Hall–Kier alpha value is -0.0900. The normalized spacial score (nSPS) is 34.8. The van der Waals surface area contributed by atoms with Crippen molar-refractivity contribution < 1.29 is 13.0 Å². The van der Waals surface area contributed by atoms with Crippen LogP contribution in [0.15, 0.2) is 0 Å². The van der Waals surface area contributed by atoms with Gasteiger partial charge in [0, 0.05) is 0 Å². The molecule has 3 unspecified atom stereocenters. The summed E-state index contributed by atoms with van der Waals surface area (Å²) in [4.78, 5) is 0. The maximum absolute atomic E-state index is 11.1. The van der Waals surface area contributed by atoms with Crippen molar-refractivity contribution in [3.8, 4) is 0 Å². The fourth-order valence-electron chi connectivity index (χ4n) is 2.33. The summed E-state index contributed by atoms with van der Waals surface area (Å²) in [5, 5.41) is -0.538. The van der Waals surface area contributed by atoms with Crippen LogP contribution in [0.2, 0.25) is 0 Å². The smallest absolute Gasteiger partial charge is 0.268 e. The molecule has 1 rings (SSSR count). The highest BCUT2D eigenvalue weighted by molar-refractivity contribution is 7.86. The van der Waals surface area contributed by atoms with E-state index in [1.165, 1.54) is 0 Å². The molecule has 0 spiro atoms. The molecular weight excluding hydrogens is 200 g/mol. The van der Waals surface area contributed by atoms with Gasteiger partial charge in [0.05, 0.1) is 5.25 Å². The van der Waals surface area contributed by atoms with E-state index in [0.29, 0.717) is 18.3 Å². The van der Waals surface area contributed by atoms with Crippen molar-refractivity contribution in [2.45, 2.75) is 45.3 Å². The van der Waals surface area contributed by atoms with Gasteiger partial charge in [0.1, 0.15) is 0 Å². The Kier molecular flexibility index (Phi) is 3.58. The van der Waals surface area contributed by atoms with Crippen LogP contribution in [0.1, 0.15) is 40.0 Å². The third-order valence-corrected chi connectivity index (χ3v) is 4.91. The van der Waals surface area contributed by atoms with E-state index in [2.05, 4.69) is 13.8 Å². The quantitative estimate of drug-likeness (QED) is 0.727. The molecule has 0 saturated heterocycles. The average molecular weight is 220 g/mol. The fourth-order valence-corrected chi connectivity index (χ4v) is 3.55. The lowest BCUT2D eigenvalue weighted by Crippen LogP contribution is -2.35. The van der Waals surface area contributed by atoms with Gasteiger partial charge in [-0.05, 0) is 37.0 Å². The summed E-state index contributed by atoms with van der Waals surface area (Å²) in [5.41, 5.74) is 0. The van der Waals surface area contributed by atoms with Crippen LogP contribution in [-0.4, -0.2) is 18.2 Å². The summed E-state index contributed by atoms with van der Waals surface area (Å²) in [5.74, 6) is 1.05. The SMILES string of the molecule is CC(C)C1CCC(C)C(S(=O)(=O)O)C1. The molecule has 3 atom stereocenters. The molecule has 0 aliphatic heterocycles. The number of hydrogen-bond donors (Lipinski definition) is 1. The number of rotatable bonds is 2. The zero-order valence-corrected chi connectivity index (χ0v) is 9.92. The molecule has 1 saturated carbocycles. The minimum atomic E-state index is -3.84. The van der Waals surface area contributed by atoms with Crippen molar-refractivity contribution in [1.29, 1.82) is 0 Å². The molecule has 0 amide bonds. The summed E-state index contributed by atoms with van der Waals surface area (Å²) in [7, 11) is -3.84. The minimum absolute atomic E-state index is 0.0972. The molecule has 84 valence electrons. The van der Waals surface area contributed by atoms with E-state index in [1.807, 2.05) is 6.92 Å². The summed E-state index contributed by atoms with van der Waals surface area (Å²) in [6.45, 7) is 6.14. The second-order valence-corrected chi connectivity index (χ2v) is 6.48. The van der Waals surface area contributed by atoms with Gasteiger partial charge in [0.25, 0.3) is 10.1 Å². The molecule has 1 N–H and O–H groups in total. The van der Waals surface area contributed by atoms with Crippen LogP contribution in [0.3, 0.4) is 0 Å². The Labute approximate surface area is 86.6 Å². The van der Waals surface area contributed by atoms with Gasteiger partial charge in [0.15, 0.2) is 0 Å². The maximum atomic E-state index is 11.1. The van der Waals surface area contributed by atoms with Crippen molar-refractivity contribution >= 4 is 10.1 Å². The van der Waals surface area contributed by atoms with E-state index in [-0.39, 0.29) is 5.92 Å². The molecule has 14 heavy (non-hydrogen) atoms. The fraction of sp³-hybridized carbons (Fsp3) is 1.00. The summed E-state index contributed by atoms with van der Waals surface area (Å²) >= 11 is 0. The summed E-state index contributed by atoms with van der Waals surface area (Å²) in [6.07, 6.45) is 2.62. The Morgan fingerprint density at radius 2 is 1.86 bits per heavy atom. The van der Waals surface area contributed by atoms with Gasteiger partial charge in [-0.1, -0.05) is 20.8 Å². The molecule has 1 fully saturated rings. The first-order valence-electron chi connectivity index (χ1n) is 5.28. The molecule has 0 aromatic heterocycles. The van der Waals surface area contributed by atoms with Crippen molar-refractivity contribution in [2.75, 3.05) is 0 Å². The van der Waals surface area contributed by atoms with E-state index < -0.39 is 15.4 Å². The van der Waals surface area contributed by atoms with Crippen LogP contribution in [0.25, 0.3) is 0 Å². The molecule has 3 nitrogen and oxygen atoms in total. The van der Waals surface area contributed by atoms with Crippen LogP contribution >= 0.6 is 0 Å². The number of hydrogen-bond acceptors (Lipinski definition) is 2. The van der Waals surface area contributed by atoms with Crippen LogP contribution in [0, 0.1) is 17.8 Å². The second-order valence-electron chi connectivity index (χ2n) is 4.85. The van der Waals surface area contributed by atoms with Gasteiger partial charge in [-0.25, -0.2) is 0 Å². The molecule has 0 bridgehead atoms. The largest absolute Gasteiger partial charge is 0.285 e. The van der Waals surface area contributed by atoms with E-state index in [9.17, 15) is 8.42 Å². The second kappa shape index (κ2) is 4.19. The minimum Gasteiger partial charge on any atom is -0.285 e. The topological polar surface area (TPSA) is 54.4 Å². The highest BCUT2D eigenvalue weighted by atomic mass is 32.2. The molecule has 0 aromatic carbocycles. The highest BCUT2D eigenvalue weighted by Gasteiger charge is 2.36. The van der Waals surface area contributed by atoms with Crippen LogP contribution < -0.4 is 0 Å². The predicted octanol–water partition coefficient (Wildman–Crippen LogP) is 2.33. The van der Waals surface area contributed by atoms with E-state index in [0.717, 1.165) is 12.8 Å². The van der Waals surface area contributed by atoms with E-state index in [1.54, 1.807) is 0 Å². The monoisotopic (exact) mass is 220 g/mol. The summed E-state index contributed by atoms with van der Waals surface area (Å²) < 4.78 is 31.3. The highest BCUT2D eigenvalue weighted by Crippen LogP contribution is 2.36. The first kappa shape index (κ1) is 12.0. The molecule has 0 radical (unpaired) electrons. The average Bonchev–Trinajstić information content (AvgIpc) is 2.02.